The Kier molecular flexibility index (Phi) is 8.94. The number of carbonyl (C=O) groups is 4. The van der Waals surface area contributed by atoms with Crippen LogP contribution in [0.4, 0.5) is 0 Å². The first-order chi connectivity index (χ1) is 23.8. The third-order valence-electron chi connectivity index (χ3n) is 10.9. The fourth-order valence-corrected chi connectivity index (χ4v) is 9.20. The maximum Gasteiger partial charge on any atom is 0.270 e. The molecule has 0 radical (unpaired) electrons. The fourth-order valence-electron chi connectivity index (χ4n) is 8.17. The van der Waals surface area contributed by atoms with Gasteiger partial charge in [0.25, 0.3) is 11.8 Å². The van der Waals surface area contributed by atoms with Crippen molar-refractivity contribution >= 4 is 80.9 Å². The molecule has 0 spiro atoms. The van der Waals surface area contributed by atoms with Gasteiger partial charge in [-0.2, -0.15) is 0 Å². The minimum absolute atomic E-state index is 0.0400. The third-order valence-corrected chi connectivity index (χ3v) is 12.6. The normalized spacial score (nSPS) is 22.6. The van der Waals surface area contributed by atoms with Crippen LogP contribution >= 0.6 is 46.4 Å². The van der Waals surface area contributed by atoms with Crippen molar-refractivity contribution in [3.05, 3.63) is 84.8 Å². The van der Waals surface area contributed by atoms with E-state index >= 15 is 0 Å². The summed E-state index contributed by atoms with van der Waals surface area (Å²) in [4.78, 5) is 55.3. The van der Waals surface area contributed by atoms with Gasteiger partial charge in [0.05, 0.1) is 10.0 Å². The summed E-state index contributed by atoms with van der Waals surface area (Å²) in [5.74, 6) is -1.19. The van der Waals surface area contributed by atoms with Crippen molar-refractivity contribution in [3.8, 4) is 11.5 Å². The Morgan fingerprint density at radius 1 is 0.860 bits per heavy atom. The number of ether oxygens (including phenoxy) is 2. The first kappa shape index (κ1) is 34.8. The highest BCUT2D eigenvalue weighted by Crippen LogP contribution is 2.59. The summed E-state index contributed by atoms with van der Waals surface area (Å²) < 4.78 is 13.1. The molecule has 9 nitrogen and oxygen atoms in total. The number of benzene rings is 2. The van der Waals surface area contributed by atoms with Crippen LogP contribution in [-0.4, -0.2) is 39.5 Å². The first-order valence-corrected chi connectivity index (χ1v) is 18.0. The number of rotatable bonds is 9. The number of hydrogen-bond donors (Lipinski definition) is 1. The number of halogens is 4. The maximum atomic E-state index is 13.5. The lowest BCUT2D eigenvalue weighted by atomic mass is 9.71. The number of imidazole rings is 1. The van der Waals surface area contributed by atoms with Crippen LogP contribution in [0, 0.1) is 10.8 Å². The summed E-state index contributed by atoms with van der Waals surface area (Å²) in [6, 6.07) is 3.48. The van der Waals surface area contributed by atoms with Gasteiger partial charge in [0.15, 0.2) is 24.0 Å². The average molecular weight is 757 g/mol. The van der Waals surface area contributed by atoms with E-state index in [-0.39, 0.29) is 59.8 Å². The van der Waals surface area contributed by atoms with Crippen molar-refractivity contribution in [3.63, 3.8) is 0 Å². The molecule has 13 heteroatoms. The van der Waals surface area contributed by atoms with Crippen molar-refractivity contribution in [2.45, 2.75) is 71.3 Å². The molecule has 0 saturated heterocycles. The Morgan fingerprint density at radius 2 is 1.38 bits per heavy atom. The number of primary amides is 1. The zero-order valence-corrected chi connectivity index (χ0v) is 30.4. The standard InChI is InChI=1S/C37H33Cl4N3O6/c1-3-36-7-5-20(45)13-22(36)27-18(15-36)11-24(29(38)31(27)40)49-17-26(47)44-10-9-43-35(44)33(34(42)48)50-25-12-19-16-37(4-2)8-6-21(46)14-23(37)28(19)32(41)30(25)39/h9-14,33H,3-8,15-17H2,1-2H3,(H2,42,48). The number of nitrogens with two attached hydrogens (primary N) is 1. The number of amides is 1. The highest BCUT2D eigenvalue weighted by Gasteiger charge is 2.46. The van der Waals surface area contributed by atoms with E-state index in [1.54, 1.807) is 24.3 Å². The molecule has 4 aliphatic carbocycles. The van der Waals surface area contributed by atoms with E-state index in [1.807, 2.05) is 0 Å². The highest BCUT2D eigenvalue weighted by molar-refractivity contribution is 6.45. The molecule has 3 atom stereocenters. The summed E-state index contributed by atoms with van der Waals surface area (Å²) in [6.07, 6.45) is 9.81. The van der Waals surface area contributed by atoms with Gasteiger partial charge >= 0.3 is 0 Å². The van der Waals surface area contributed by atoms with Crippen molar-refractivity contribution in [2.75, 3.05) is 6.61 Å². The quantitative estimate of drug-likeness (QED) is 0.233. The van der Waals surface area contributed by atoms with E-state index in [2.05, 4.69) is 18.8 Å². The van der Waals surface area contributed by atoms with Crippen LogP contribution in [0.2, 0.25) is 20.1 Å². The van der Waals surface area contributed by atoms with Crippen molar-refractivity contribution in [1.29, 1.82) is 0 Å². The Morgan fingerprint density at radius 3 is 1.90 bits per heavy atom. The summed E-state index contributed by atoms with van der Waals surface area (Å²) in [7, 11) is 0. The predicted molar refractivity (Wildman–Crippen MR) is 191 cm³/mol. The van der Waals surface area contributed by atoms with Gasteiger partial charge in [-0.25, -0.2) is 4.98 Å². The highest BCUT2D eigenvalue weighted by atomic mass is 35.5. The molecule has 0 fully saturated rings. The van der Waals surface area contributed by atoms with Crippen LogP contribution in [0.5, 0.6) is 11.5 Å². The molecule has 1 heterocycles. The van der Waals surface area contributed by atoms with Gasteiger partial charge in [-0.15, -0.1) is 0 Å². The Hall–Kier alpha value is -3.63. The second-order valence-electron chi connectivity index (χ2n) is 13.5. The molecule has 0 bridgehead atoms. The number of ketones is 2. The molecular formula is C37H33Cl4N3O6. The monoisotopic (exact) mass is 755 g/mol. The van der Waals surface area contributed by atoms with E-state index in [9.17, 15) is 19.2 Å². The second kappa shape index (κ2) is 12.9. The average Bonchev–Trinajstić information content (AvgIpc) is 3.79. The van der Waals surface area contributed by atoms with E-state index in [0.717, 1.165) is 51.7 Å². The van der Waals surface area contributed by atoms with Gasteiger partial charge in [0, 0.05) is 47.2 Å². The molecule has 260 valence electrons. The van der Waals surface area contributed by atoms with Crippen LogP contribution in [0.25, 0.3) is 11.1 Å². The molecule has 7 rings (SSSR count). The lowest BCUT2D eigenvalue weighted by Gasteiger charge is -2.32. The molecule has 2 aromatic carbocycles. The first-order valence-electron chi connectivity index (χ1n) is 16.5. The molecule has 0 saturated carbocycles. The van der Waals surface area contributed by atoms with Crippen molar-refractivity contribution < 1.29 is 28.7 Å². The molecule has 4 aliphatic rings. The summed E-state index contributed by atoms with van der Waals surface area (Å²) in [6.45, 7) is 3.68. The molecular weight excluding hydrogens is 724 g/mol. The smallest absolute Gasteiger partial charge is 0.270 e. The number of aromatic nitrogens is 2. The molecule has 3 unspecified atom stereocenters. The second-order valence-corrected chi connectivity index (χ2v) is 15.0. The number of fused-ring (bicyclic) bond motifs is 6. The van der Waals surface area contributed by atoms with Crippen molar-refractivity contribution in [2.24, 2.45) is 16.6 Å². The van der Waals surface area contributed by atoms with Gasteiger partial charge in [0.1, 0.15) is 21.5 Å². The SMILES string of the molecule is CCC12CCC(=O)C=C1c1c(cc(OCC(=O)n3ccnc3C(Oc3cc4c(c(Cl)c3Cl)C3=CC(=O)CCC3(CC)C4)C(N)=O)c(Cl)c1Cl)C2. The minimum Gasteiger partial charge on any atom is -0.482 e. The molecule has 1 amide bonds. The summed E-state index contributed by atoms with van der Waals surface area (Å²) in [5.41, 5.74) is 10.3. The summed E-state index contributed by atoms with van der Waals surface area (Å²) >= 11 is 27.0. The number of carbonyl (C=O) groups excluding carboxylic acids is 4. The largest absolute Gasteiger partial charge is 0.482 e. The Balaban J connectivity index is 1.14. The molecule has 0 aliphatic heterocycles. The van der Waals surface area contributed by atoms with Gasteiger partial charge < -0.3 is 15.2 Å². The van der Waals surface area contributed by atoms with Crippen LogP contribution in [0.15, 0.2) is 36.7 Å². The maximum absolute atomic E-state index is 13.5. The lowest BCUT2D eigenvalue weighted by molar-refractivity contribution is -0.125. The van der Waals surface area contributed by atoms with Crippen LogP contribution in [-0.2, 0) is 27.2 Å². The van der Waals surface area contributed by atoms with Crippen LogP contribution in [0.3, 0.4) is 0 Å². The van der Waals surface area contributed by atoms with Gasteiger partial charge in [-0.1, -0.05) is 60.3 Å². The van der Waals surface area contributed by atoms with Crippen molar-refractivity contribution in [1.82, 2.24) is 9.55 Å². The number of hydrogen-bond acceptors (Lipinski definition) is 7. The molecule has 3 aromatic rings. The zero-order valence-electron chi connectivity index (χ0n) is 27.3. The Labute approximate surface area is 308 Å². The third kappa shape index (κ3) is 5.48. The zero-order chi connectivity index (χ0) is 35.7. The van der Waals surface area contributed by atoms with Gasteiger partial charge in [0.2, 0.25) is 6.10 Å². The van der Waals surface area contributed by atoms with E-state index in [0.29, 0.717) is 37.7 Å². The van der Waals surface area contributed by atoms with E-state index in [4.69, 9.17) is 61.6 Å². The van der Waals surface area contributed by atoms with E-state index in [1.165, 1.54) is 12.4 Å². The van der Waals surface area contributed by atoms with Gasteiger partial charge in [-0.05, 0) is 85.1 Å². The van der Waals surface area contributed by atoms with Crippen LogP contribution in [0.1, 0.15) is 91.3 Å². The molecule has 1 aromatic heterocycles. The minimum atomic E-state index is -1.52. The topological polar surface area (TPSA) is 131 Å². The predicted octanol–water partition coefficient (Wildman–Crippen LogP) is 8.22. The molecule has 50 heavy (non-hydrogen) atoms. The van der Waals surface area contributed by atoms with Crippen LogP contribution < -0.4 is 15.2 Å². The molecule has 2 N–H and O–H groups in total. The number of nitrogens with zero attached hydrogens (tertiary/aromatic N) is 2. The van der Waals surface area contributed by atoms with Gasteiger partial charge in [-0.3, -0.25) is 23.7 Å². The number of allylic oxidation sites excluding steroid dienone is 4. The fraction of sp³-hybridized carbons (Fsp3) is 0.378. The Bertz CT molecular complexity index is 2090. The van der Waals surface area contributed by atoms with E-state index < -0.39 is 24.5 Å². The summed E-state index contributed by atoms with van der Waals surface area (Å²) in [5, 5.41) is 0.651. The lowest BCUT2D eigenvalue weighted by Crippen LogP contribution is -2.31.